The number of nitriles is 1. The molecule has 1 aliphatic heterocycles. The van der Waals surface area contributed by atoms with Gasteiger partial charge in [0.25, 0.3) is 5.91 Å². The third-order valence-electron chi connectivity index (χ3n) is 4.85. The predicted octanol–water partition coefficient (Wildman–Crippen LogP) is 3.49. The van der Waals surface area contributed by atoms with Crippen LogP contribution in [0.3, 0.4) is 0 Å². The predicted molar refractivity (Wildman–Crippen MR) is 109 cm³/mol. The van der Waals surface area contributed by atoms with E-state index in [-0.39, 0.29) is 11.7 Å². The van der Waals surface area contributed by atoms with Crippen LogP contribution in [0.15, 0.2) is 42.6 Å². The molecule has 0 spiro atoms. The van der Waals surface area contributed by atoms with Gasteiger partial charge in [0.1, 0.15) is 21.5 Å². The number of aromatic nitrogens is 2. The molecule has 146 valence electrons. The van der Waals surface area contributed by atoms with Crippen LogP contribution in [-0.4, -0.2) is 47.0 Å². The third kappa shape index (κ3) is 3.96. The van der Waals surface area contributed by atoms with Crippen molar-refractivity contribution in [1.29, 1.82) is 5.26 Å². The molecule has 1 saturated heterocycles. The first-order valence-electron chi connectivity index (χ1n) is 9.19. The number of nitrogens with zero attached hydrogens (tertiary/aromatic N) is 5. The second-order valence-electron chi connectivity index (χ2n) is 6.73. The summed E-state index contributed by atoms with van der Waals surface area (Å²) < 4.78 is 13.2. The highest BCUT2D eigenvalue weighted by Gasteiger charge is 2.26. The first-order chi connectivity index (χ1) is 14.0. The fourth-order valence-electron chi connectivity index (χ4n) is 3.25. The minimum absolute atomic E-state index is 0.0354. The SMILES string of the molecule is Cc1nc(-c2ccc(F)cc2)sc1C(=O)N1CCN(c2cc(C#N)ccn2)CC1. The Morgan fingerprint density at radius 2 is 1.90 bits per heavy atom. The second kappa shape index (κ2) is 7.97. The molecular formula is C21H18FN5OS. The van der Waals surface area contributed by atoms with Crippen molar-refractivity contribution in [3.63, 3.8) is 0 Å². The summed E-state index contributed by atoms with van der Waals surface area (Å²) in [5.41, 5.74) is 2.05. The molecule has 3 aromatic rings. The van der Waals surface area contributed by atoms with Gasteiger partial charge in [0.05, 0.1) is 17.3 Å². The molecule has 0 aliphatic carbocycles. The lowest BCUT2D eigenvalue weighted by atomic mass is 10.2. The van der Waals surface area contributed by atoms with Crippen molar-refractivity contribution in [3.8, 4) is 16.6 Å². The van der Waals surface area contributed by atoms with Gasteiger partial charge in [-0.05, 0) is 43.3 Å². The van der Waals surface area contributed by atoms with E-state index in [9.17, 15) is 9.18 Å². The molecule has 1 fully saturated rings. The maximum absolute atomic E-state index is 13.2. The van der Waals surface area contributed by atoms with Crippen LogP contribution in [0.5, 0.6) is 0 Å². The second-order valence-corrected chi connectivity index (χ2v) is 7.73. The number of pyridine rings is 1. The molecule has 0 radical (unpaired) electrons. The summed E-state index contributed by atoms with van der Waals surface area (Å²) in [5, 5.41) is 9.76. The van der Waals surface area contributed by atoms with Gasteiger partial charge in [0.2, 0.25) is 0 Å². The average molecular weight is 407 g/mol. The van der Waals surface area contributed by atoms with E-state index in [2.05, 4.69) is 20.9 Å². The number of thiazole rings is 1. The molecule has 0 atom stereocenters. The fraction of sp³-hybridized carbons (Fsp3) is 0.238. The highest BCUT2D eigenvalue weighted by atomic mass is 32.1. The van der Waals surface area contributed by atoms with E-state index in [1.165, 1.54) is 23.5 Å². The summed E-state index contributed by atoms with van der Waals surface area (Å²) >= 11 is 1.34. The number of aryl methyl sites for hydroxylation is 1. The van der Waals surface area contributed by atoms with Crippen LogP contribution >= 0.6 is 11.3 Å². The normalized spacial score (nSPS) is 14.0. The quantitative estimate of drug-likeness (QED) is 0.665. The minimum atomic E-state index is -0.300. The average Bonchev–Trinajstić information content (AvgIpc) is 3.15. The van der Waals surface area contributed by atoms with E-state index in [1.54, 1.807) is 30.5 Å². The van der Waals surface area contributed by atoms with Gasteiger partial charge < -0.3 is 9.80 Å². The topological polar surface area (TPSA) is 73.1 Å². The molecule has 0 saturated carbocycles. The molecule has 1 aromatic carbocycles. The third-order valence-corrected chi connectivity index (χ3v) is 6.04. The van der Waals surface area contributed by atoms with Crippen molar-refractivity contribution < 1.29 is 9.18 Å². The Balaban J connectivity index is 1.46. The molecule has 3 heterocycles. The van der Waals surface area contributed by atoms with Crippen molar-refractivity contribution in [2.75, 3.05) is 31.1 Å². The molecule has 0 bridgehead atoms. The first kappa shape index (κ1) is 19.0. The smallest absolute Gasteiger partial charge is 0.265 e. The lowest BCUT2D eigenvalue weighted by Gasteiger charge is -2.35. The summed E-state index contributed by atoms with van der Waals surface area (Å²) in [7, 11) is 0. The molecule has 0 N–H and O–H groups in total. The van der Waals surface area contributed by atoms with Gasteiger partial charge in [-0.3, -0.25) is 4.79 Å². The zero-order valence-corrected chi connectivity index (χ0v) is 16.6. The van der Waals surface area contributed by atoms with Crippen molar-refractivity contribution >= 4 is 23.1 Å². The zero-order valence-electron chi connectivity index (χ0n) is 15.8. The summed E-state index contributed by atoms with van der Waals surface area (Å²) in [6.45, 7) is 4.26. The Hall–Kier alpha value is -3.31. The number of piperazine rings is 1. The molecule has 2 aromatic heterocycles. The van der Waals surface area contributed by atoms with E-state index in [0.29, 0.717) is 47.3 Å². The Kier molecular flexibility index (Phi) is 5.23. The number of hydrogen-bond acceptors (Lipinski definition) is 6. The molecule has 4 rings (SSSR count). The molecule has 8 heteroatoms. The first-order valence-corrected chi connectivity index (χ1v) is 10.0. The minimum Gasteiger partial charge on any atom is -0.353 e. The Morgan fingerprint density at radius 1 is 1.17 bits per heavy atom. The molecule has 29 heavy (non-hydrogen) atoms. The van der Waals surface area contributed by atoms with Crippen molar-refractivity contribution in [1.82, 2.24) is 14.9 Å². The number of carbonyl (C=O) groups is 1. The summed E-state index contributed by atoms with van der Waals surface area (Å²) in [6, 6.07) is 11.7. The van der Waals surface area contributed by atoms with E-state index >= 15 is 0 Å². The highest BCUT2D eigenvalue weighted by Crippen LogP contribution is 2.29. The number of carbonyl (C=O) groups excluding carboxylic acids is 1. The maximum Gasteiger partial charge on any atom is 0.265 e. The molecule has 0 unspecified atom stereocenters. The molecule has 1 aliphatic rings. The van der Waals surface area contributed by atoms with Crippen molar-refractivity contribution in [2.45, 2.75) is 6.92 Å². The van der Waals surface area contributed by atoms with E-state index in [4.69, 9.17) is 5.26 Å². The maximum atomic E-state index is 13.2. The van der Waals surface area contributed by atoms with Crippen LogP contribution in [0.1, 0.15) is 20.9 Å². The monoisotopic (exact) mass is 407 g/mol. The van der Waals surface area contributed by atoms with Crippen molar-refractivity contribution in [2.24, 2.45) is 0 Å². The molecule has 1 amide bonds. The lowest BCUT2D eigenvalue weighted by Crippen LogP contribution is -2.49. The van der Waals surface area contributed by atoms with Crippen LogP contribution in [0.4, 0.5) is 10.2 Å². The van der Waals surface area contributed by atoms with Crippen LogP contribution in [0.25, 0.3) is 10.6 Å². The van der Waals surface area contributed by atoms with Gasteiger partial charge in [0.15, 0.2) is 0 Å². The Morgan fingerprint density at radius 3 is 2.59 bits per heavy atom. The number of rotatable bonds is 3. The Bertz CT molecular complexity index is 1080. The van der Waals surface area contributed by atoms with E-state index in [0.717, 1.165) is 11.4 Å². The lowest BCUT2D eigenvalue weighted by molar-refractivity contribution is 0.0750. The molecular weight excluding hydrogens is 389 g/mol. The van der Waals surface area contributed by atoms with Gasteiger partial charge >= 0.3 is 0 Å². The largest absolute Gasteiger partial charge is 0.353 e. The molecule has 6 nitrogen and oxygen atoms in total. The fourth-order valence-corrected chi connectivity index (χ4v) is 4.29. The van der Waals surface area contributed by atoms with Gasteiger partial charge in [-0.1, -0.05) is 0 Å². The standard InChI is InChI=1S/C21H18FN5OS/c1-14-19(29-20(25-14)16-2-4-17(22)5-3-16)21(28)27-10-8-26(9-11-27)18-12-15(13-23)6-7-24-18/h2-7,12H,8-11H2,1H3. The van der Waals surface area contributed by atoms with Crippen molar-refractivity contribution in [3.05, 3.63) is 64.5 Å². The zero-order chi connectivity index (χ0) is 20.4. The summed E-state index contributed by atoms with van der Waals surface area (Å²) in [4.78, 5) is 26.4. The summed E-state index contributed by atoms with van der Waals surface area (Å²) in [6.07, 6.45) is 1.63. The summed E-state index contributed by atoms with van der Waals surface area (Å²) in [5.74, 6) is 0.418. The van der Waals surface area contributed by atoms with Crippen LogP contribution in [0.2, 0.25) is 0 Å². The van der Waals surface area contributed by atoms with Gasteiger partial charge in [-0.25, -0.2) is 14.4 Å². The van der Waals surface area contributed by atoms with Crippen LogP contribution < -0.4 is 4.90 Å². The van der Waals surface area contributed by atoms with Crippen LogP contribution in [0, 0.1) is 24.1 Å². The Labute approximate surface area is 171 Å². The number of halogens is 1. The van der Waals surface area contributed by atoms with E-state index < -0.39 is 0 Å². The number of amides is 1. The van der Waals surface area contributed by atoms with E-state index in [1.807, 2.05) is 11.8 Å². The van der Waals surface area contributed by atoms with Gasteiger partial charge in [-0.2, -0.15) is 5.26 Å². The number of hydrogen-bond donors (Lipinski definition) is 0. The highest BCUT2D eigenvalue weighted by molar-refractivity contribution is 7.17. The number of anilines is 1. The van der Waals surface area contributed by atoms with Gasteiger partial charge in [0, 0.05) is 37.9 Å². The van der Waals surface area contributed by atoms with Crippen LogP contribution in [-0.2, 0) is 0 Å². The number of benzene rings is 1. The van der Waals surface area contributed by atoms with Gasteiger partial charge in [-0.15, -0.1) is 11.3 Å².